The highest BCUT2D eigenvalue weighted by Gasteiger charge is 2.28. The van der Waals surface area contributed by atoms with Crippen LogP contribution in [-0.4, -0.2) is 0 Å². The molecule has 22 heavy (non-hydrogen) atoms. The maximum Gasteiger partial charge on any atom is -0.0111 e. The molecule has 0 amide bonds. The van der Waals surface area contributed by atoms with Gasteiger partial charge in [0.15, 0.2) is 0 Å². The zero-order chi connectivity index (χ0) is 17.1. The Kier molecular flexibility index (Phi) is 6.71. The van der Waals surface area contributed by atoms with E-state index in [0.29, 0.717) is 23.2 Å². The van der Waals surface area contributed by atoms with Crippen LogP contribution in [0.25, 0.3) is 0 Å². The van der Waals surface area contributed by atoms with Crippen LogP contribution in [0.2, 0.25) is 0 Å². The van der Waals surface area contributed by atoms with Gasteiger partial charge in [-0.05, 0) is 52.2 Å². The fourth-order valence-corrected chi connectivity index (χ4v) is 3.13. The zero-order valence-corrected chi connectivity index (χ0v) is 16.5. The van der Waals surface area contributed by atoms with E-state index in [-0.39, 0.29) is 0 Å². The summed E-state index contributed by atoms with van der Waals surface area (Å²) in [6.07, 6.45) is 2.56. The summed E-state index contributed by atoms with van der Waals surface area (Å²) in [7, 11) is 0. The quantitative estimate of drug-likeness (QED) is 0.510. The molecule has 2 atom stereocenters. The first kappa shape index (κ1) is 19.3. The molecule has 0 aliphatic heterocycles. The second-order valence-corrected chi connectivity index (χ2v) is 8.91. The fourth-order valence-electron chi connectivity index (χ4n) is 3.13. The monoisotopic (exact) mass is 302 g/mol. The van der Waals surface area contributed by atoms with Crippen molar-refractivity contribution < 1.29 is 0 Å². The number of benzene rings is 1. The van der Waals surface area contributed by atoms with Crippen molar-refractivity contribution in [3.05, 3.63) is 34.9 Å². The van der Waals surface area contributed by atoms with Crippen molar-refractivity contribution in [1.82, 2.24) is 0 Å². The van der Waals surface area contributed by atoms with Gasteiger partial charge in [0.05, 0.1) is 0 Å². The van der Waals surface area contributed by atoms with Gasteiger partial charge in [-0.15, -0.1) is 0 Å². The van der Waals surface area contributed by atoms with Crippen LogP contribution in [0.15, 0.2) is 18.2 Å². The van der Waals surface area contributed by atoms with E-state index in [1.54, 1.807) is 5.56 Å². The highest BCUT2D eigenvalue weighted by molar-refractivity contribution is 5.36. The van der Waals surface area contributed by atoms with Crippen LogP contribution < -0.4 is 0 Å². The predicted molar refractivity (Wildman–Crippen MR) is 101 cm³/mol. The standard InChI is InChI=1S/C22H38/c1-10-17(6)11-21(22(7,8)9)20-13-18(15(2)3)12-19(14-20)16(4)5/h12-17,21H,10-11H2,1-9H3. The van der Waals surface area contributed by atoms with E-state index in [4.69, 9.17) is 0 Å². The summed E-state index contributed by atoms with van der Waals surface area (Å²) >= 11 is 0. The first-order valence-corrected chi connectivity index (χ1v) is 9.21. The third kappa shape index (κ3) is 5.14. The molecule has 0 fully saturated rings. The normalized spacial score (nSPS) is 15.4. The van der Waals surface area contributed by atoms with Gasteiger partial charge in [0.2, 0.25) is 0 Å². The highest BCUT2D eigenvalue weighted by Crippen LogP contribution is 2.42. The number of hydrogen-bond donors (Lipinski definition) is 0. The van der Waals surface area contributed by atoms with Crippen molar-refractivity contribution in [2.45, 2.75) is 92.9 Å². The maximum absolute atomic E-state index is 2.48. The average molecular weight is 303 g/mol. The lowest BCUT2D eigenvalue weighted by Crippen LogP contribution is -2.21. The van der Waals surface area contributed by atoms with Gasteiger partial charge in [0.1, 0.15) is 0 Å². The fraction of sp³-hybridized carbons (Fsp3) is 0.727. The summed E-state index contributed by atoms with van der Waals surface area (Å²) in [6, 6.07) is 7.38. The summed E-state index contributed by atoms with van der Waals surface area (Å²) < 4.78 is 0. The Labute approximate surface area is 139 Å². The summed E-state index contributed by atoms with van der Waals surface area (Å²) in [6.45, 7) is 21.1. The topological polar surface area (TPSA) is 0 Å². The van der Waals surface area contributed by atoms with Crippen LogP contribution in [-0.2, 0) is 0 Å². The minimum absolute atomic E-state index is 0.313. The van der Waals surface area contributed by atoms with E-state index in [9.17, 15) is 0 Å². The van der Waals surface area contributed by atoms with Gasteiger partial charge in [-0.3, -0.25) is 0 Å². The van der Waals surface area contributed by atoms with Crippen LogP contribution >= 0.6 is 0 Å². The van der Waals surface area contributed by atoms with E-state index in [2.05, 4.69) is 80.5 Å². The molecular weight excluding hydrogens is 264 g/mol. The number of hydrogen-bond acceptors (Lipinski definition) is 0. The van der Waals surface area contributed by atoms with Gasteiger partial charge in [0, 0.05) is 0 Å². The van der Waals surface area contributed by atoms with E-state index in [1.807, 2.05) is 0 Å². The second-order valence-electron chi connectivity index (χ2n) is 8.91. The summed E-state index contributed by atoms with van der Waals surface area (Å²) in [5.74, 6) is 2.62. The molecule has 0 saturated carbocycles. The first-order chi connectivity index (χ1) is 10.1. The van der Waals surface area contributed by atoms with Crippen molar-refractivity contribution in [3.8, 4) is 0 Å². The second kappa shape index (κ2) is 7.66. The van der Waals surface area contributed by atoms with Crippen molar-refractivity contribution in [3.63, 3.8) is 0 Å². The van der Waals surface area contributed by atoms with Crippen molar-refractivity contribution in [2.75, 3.05) is 0 Å². The Hall–Kier alpha value is -0.780. The molecule has 0 aromatic heterocycles. The summed E-state index contributed by atoms with van der Waals surface area (Å²) in [5.41, 5.74) is 4.87. The lowest BCUT2D eigenvalue weighted by molar-refractivity contribution is 0.271. The predicted octanol–water partition coefficient (Wildman–Crippen LogP) is 7.50. The van der Waals surface area contributed by atoms with Gasteiger partial charge in [-0.25, -0.2) is 0 Å². The summed E-state index contributed by atoms with van der Waals surface area (Å²) in [5, 5.41) is 0. The van der Waals surface area contributed by atoms with Crippen LogP contribution in [0.1, 0.15) is 110 Å². The number of rotatable bonds is 6. The Bertz CT molecular complexity index is 433. The van der Waals surface area contributed by atoms with Gasteiger partial charge in [-0.2, -0.15) is 0 Å². The van der Waals surface area contributed by atoms with Crippen LogP contribution in [0.4, 0.5) is 0 Å². The van der Waals surface area contributed by atoms with Crippen LogP contribution in [0.3, 0.4) is 0 Å². The lowest BCUT2D eigenvalue weighted by atomic mass is 9.71. The van der Waals surface area contributed by atoms with Crippen LogP contribution in [0.5, 0.6) is 0 Å². The maximum atomic E-state index is 2.48. The molecular formula is C22H38. The molecule has 0 heterocycles. The SMILES string of the molecule is CCC(C)CC(c1cc(C(C)C)cc(C(C)C)c1)C(C)(C)C. The Balaban J connectivity index is 3.33. The molecule has 0 bridgehead atoms. The van der Waals surface area contributed by atoms with Gasteiger partial charge in [-0.1, -0.05) is 86.9 Å². The van der Waals surface area contributed by atoms with E-state index < -0.39 is 0 Å². The molecule has 0 radical (unpaired) electrons. The molecule has 0 saturated heterocycles. The third-order valence-electron chi connectivity index (χ3n) is 5.12. The largest absolute Gasteiger partial charge is 0.0651 e. The molecule has 0 N–H and O–H groups in total. The Morgan fingerprint density at radius 2 is 1.18 bits per heavy atom. The summed E-state index contributed by atoms with van der Waals surface area (Å²) in [4.78, 5) is 0. The van der Waals surface area contributed by atoms with Crippen LogP contribution in [0, 0.1) is 11.3 Å². The molecule has 1 rings (SSSR count). The molecule has 0 aliphatic rings. The van der Waals surface area contributed by atoms with Crippen molar-refractivity contribution >= 4 is 0 Å². The minimum Gasteiger partial charge on any atom is -0.0651 e. The molecule has 126 valence electrons. The molecule has 0 nitrogen and oxygen atoms in total. The minimum atomic E-state index is 0.313. The van der Waals surface area contributed by atoms with E-state index in [0.717, 1.165) is 5.92 Å². The molecule has 0 heteroatoms. The zero-order valence-electron chi connectivity index (χ0n) is 16.5. The van der Waals surface area contributed by atoms with Crippen molar-refractivity contribution in [1.29, 1.82) is 0 Å². The molecule has 0 spiro atoms. The Morgan fingerprint density at radius 3 is 1.50 bits per heavy atom. The average Bonchev–Trinajstić information content (AvgIpc) is 2.42. The molecule has 0 aliphatic carbocycles. The Morgan fingerprint density at radius 1 is 0.773 bits per heavy atom. The third-order valence-corrected chi connectivity index (χ3v) is 5.12. The van der Waals surface area contributed by atoms with E-state index >= 15 is 0 Å². The van der Waals surface area contributed by atoms with Gasteiger partial charge in [0.25, 0.3) is 0 Å². The molecule has 2 unspecified atom stereocenters. The lowest BCUT2D eigenvalue weighted by Gasteiger charge is -2.34. The molecule has 1 aromatic carbocycles. The molecule has 1 aromatic rings. The van der Waals surface area contributed by atoms with E-state index in [1.165, 1.54) is 24.0 Å². The smallest absolute Gasteiger partial charge is 0.0111 e. The van der Waals surface area contributed by atoms with Gasteiger partial charge < -0.3 is 0 Å². The highest BCUT2D eigenvalue weighted by atomic mass is 14.3. The van der Waals surface area contributed by atoms with Crippen molar-refractivity contribution in [2.24, 2.45) is 11.3 Å². The van der Waals surface area contributed by atoms with Gasteiger partial charge >= 0.3 is 0 Å². The first-order valence-electron chi connectivity index (χ1n) is 9.21.